The number of hydrazone groups is 1. The highest BCUT2D eigenvalue weighted by molar-refractivity contribution is 14.2. The van der Waals surface area contributed by atoms with Crippen LogP contribution in [0.15, 0.2) is 40.0 Å². The molecular weight excluding hydrogens is 450 g/mol. The van der Waals surface area contributed by atoms with Gasteiger partial charge in [-0.3, -0.25) is 4.78 Å². The molecule has 0 aromatic heterocycles. The number of allylic oxidation sites excluding steroid dienone is 6. The van der Waals surface area contributed by atoms with Gasteiger partial charge in [0.25, 0.3) is 0 Å². The first-order valence-corrected chi connectivity index (χ1v) is 11.7. The monoisotopic (exact) mass is 470 g/mol. The number of aliphatic hydroxyl groups is 1. The van der Waals surface area contributed by atoms with Gasteiger partial charge in [-0.15, -0.1) is 0 Å². The molecule has 0 aliphatic heterocycles. The zero-order valence-corrected chi connectivity index (χ0v) is 16.6. The molecule has 1 aliphatic rings. The van der Waals surface area contributed by atoms with E-state index in [1.165, 1.54) is 11.1 Å². The van der Waals surface area contributed by atoms with Gasteiger partial charge in [-0.1, -0.05) is 41.1 Å². The van der Waals surface area contributed by atoms with E-state index in [0.717, 1.165) is 23.7 Å². The van der Waals surface area contributed by atoms with Gasteiger partial charge in [0, 0.05) is 19.0 Å². The van der Waals surface area contributed by atoms with E-state index in [1.54, 1.807) is 0 Å². The maximum absolute atomic E-state index is 9.06. The third kappa shape index (κ3) is 5.96. The fourth-order valence-corrected chi connectivity index (χ4v) is 3.13. The van der Waals surface area contributed by atoms with Crippen molar-refractivity contribution in [3.05, 3.63) is 34.9 Å². The maximum atomic E-state index is 9.06. The Morgan fingerprint density at radius 3 is 2.95 bits per heavy atom. The van der Waals surface area contributed by atoms with Gasteiger partial charge in [-0.25, -0.2) is 0 Å². The summed E-state index contributed by atoms with van der Waals surface area (Å²) < 4.78 is 1.93. The molecule has 0 heterocycles. The summed E-state index contributed by atoms with van der Waals surface area (Å²) in [7, 11) is 1.97. The normalized spacial score (nSPS) is 20.1. The fourth-order valence-electron chi connectivity index (χ4n) is 1.97. The van der Waals surface area contributed by atoms with Crippen LogP contribution < -0.4 is 0 Å². The van der Waals surface area contributed by atoms with E-state index in [2.05, 4.69) is 68.2 Å². The lowest BCUT2D eigenvalue weighted by atomic mass is 9.97. The van der Waals surface area contributed by atoms with Crippen LogP contribution in [-0.4, -0.2) is 35.1 Å². The molecule has 0 saturated carbocycles. The van der Waals surface area contributed by atoms with Crippen molar-refractivity contribution in [1.82, 2.24) is 4.78 Å². The van der Waals surface area contributed by atoms with Gasteiger partial charge in [-0.05, 0) is 57.5 Å². The van der Waals surface area contributed by atoms with Gasteiger partial charge in [-0.2, -0.15) is 5.10 Å². The van der Waals surface area contributed by atoms with Crippen LogP contribution in [-0.2, 0) is 0 Å². The molecule has 1 rings (SSSR count). The molecule has 0 fully saturated rings. The quantitative estimate of drug-likeness (QED) is 0.196. The molecule has 0 radical (unpaired) electrons. The van der Waals surface area contributed by atoms with Gasteiger partial charge in [0.05, 0.1) is 12.6 Å². The minimum Gasteiger partial charge on any atom is -0.396 e. The summed E-state index contributed by atoms with van der Waals surface area (Å²) >= 11 is 5.91. The third-order valence-electron chi connectivity index (χ3n) is 3.01. The van der Waals surface area contributed by atoms with Gasteiger partial charge >= 0.3 is 0 Å². The first-order chi connectivity index (χ1) is 9.62. The molecule has 2 unspecified atom stereocenters. The summed E-state index contributed by atoms with van der Waals surface area (Å²) in [4.78, 5) is 0. The Bertz CT molecular complexity index is 435. The number of nitrogens with zero attached hydrogens (tertiary/aromatic N) is 2. The highest BCUT2D eigenvalue weighted by Crippen LogP contribution is 2.28. The predicted molar refractivity (Wildman–Crippen MR) is 102 cm³/mol. The molecule has 1 aliphatic carbocycles. The molecule has 20 heavy (non-hydrogen) atoms. The van der Waals surface area contributed by atoms with Gasteiger partial charge in [0.1, 0.15) is 0 Å². The van der Waals surface area contributed by atoms with Crippen LogP contribution in [0.4, 0.5) is 0 Å². The Balaban J connectivity index is 3.06. The third-order valence-corrected chi connectivity index (χ3v) is 6.03. The predicted octanol–water partition coefficient (Wildman–Crippen LogP) is 4.44. The van der Waals surface area contributed by atoms with Crippen LogP contribution in [0.2, 0.25) is 0 Å². The number of halogens is 2. The van der Waals surface area contributed by atoms with Crippen molar-refractivity contribution in [2.45, 2.75) is 19.8 Å². The Morgan fingerprint density at radius 2 is 2.35 bits per heavy atom. The lowest BCUT2D eigenvalue weighted by Crippen LogP contribution is -2.01. The molecule has 2 atom stereocenters. The van der Waals surface area contributed by atoms with Crippen LogP contribution in [0, 0.1) is 5.92 Å². The Hall–Kier alpha value is 0.290. The zero-order valence-electron chi connectivity index (χ0n) is 11.8. The fraction of sp³-hybridized carbons (Fsp3) is 0.500. The Kier molecular flexibility index (Phi) is 9.25. The Morgan fingerprint density at radius 1 is 1.60 bits per heavy atom. The summed E-state index contributed by atoms with van der Waals surface area (Å²) in [5.41, 5.74) is 3.74. The first kappa shape index (κ1) is 18.3. The second-order valence-corrected chi connectivity index (χ2v) is 7.48. The summed E-state index contributed by atoms with van der Waals surface area (Å²) in [5, 5.41) is 14.3. The average Bonchev–Trinajstić information content (AvgIpc) is 2.60. The van der Waals surface area contributed by atoms with E-state index < -0.39 is 0 Å². The van der Waals surface area contributed by atoms with Gasteiger partial charge < -0.3 is 5.11 Å². The van der Waals surface area contributed by atoms with Crippen LogP contribution >= 0.6 is 44.3 Å². The van der Waals surface area contributed by atoms with Crippen molar-refractivity contribution < 1.29 is 5.11 Å². The lowest BCUT2D eigenvalue weighted by molar-refractivity contribution is 0.288. The first-order valence-electron chi connectivity index (χ1n) is 6.55. The summed E-state index contributed by atoms with van der Waals surface area (Å²) in [6.45, 7) is 2.41. The molecule has 0 bridgehead atoms. The highest BCUT2D eigenvalue weighted by atomic mass is 127. The number of aliphatic hydroxyl groups excluding tert-OH is 1. The van der Waals surface area contributed by atoms with Crippen LogP contribution in [0.5, 0.6) is 0 Å². The van der Waals surface area contributed by atoms with Gasteiger partial charge in [0.2, 0.25) is 0 Å². The smallest absolute Gasteiger partial charge is 0.0616 e. The summed E-state index contributed by atoms with van der Waals surface area (Å²) in [5.74, 6) is 0.410. The number of rotatable bonds is 7. The van der Waals surface area contributed by atoms with E-state index in [4.69, 9.17) is 5.11 Å². The van der Waals surface area contributed by atoms with E-state index in [1.807, 2.05) is 18.0 Å². The largest absolute Gasteiger partial charge is 0.396 e. The molecule has 112 valence electrons. The minimum absolute atomic E-state index is 0.233. The van der Waals surface area contributed by atoms with E-state index in [-0.39, 0.29) is 6.61 Å². The summed E-state index contributed by atoms with van der Waals surface area (Å²) in [6, 6.07) is 0. The van der Waals surface area contributed by atoms with Gasteiger partial charge in [0.15, 0.2) is 0 Å². The topological polar surface area (TPSA) is 35.8 Å². The van der Waals surface area contributed by atoms with Crippen LogP contribution in [0.3, 0.4) is 0 Å². The minimum atomic E-state index is 0.233. The molecule has 6 heteroatoms. The van der Waals surface area contributed by atoms with Crippen LogP contribution in [0.25, 0.3) is 0 Å². The molecule has 3 nitrogen and oxygen atoms in total. The van der Waals surface area contributed by atoms with E-state index in [0.29, 0.717) is 12.3 Å². The molecule has 0 amide bonds. The number of hydrogen-bond donors (Lipinski definition) is 1. The summed E-state index contributed by atoms with van der Waals surface area (Å²) in [6.07, 6.45) is 10.9. The molecular formula is C14H21BrIN2OP. The van der Waals surface area contributed by atoms with Crippen molar-refractivity contribution >= 4 is 50.6 Å². The lowest BCUT2D eigenvalue weighted by Gasteiger charge is -2.12. The molecule has 0 spiro atoms. The van der Waals surface area contributed by atoms with E-state index in [9.17, 15) is 0 Å². The van der Waals surface area contributed by atoms with E-state index >= 15 is 0 Å². The van der Waals surface area contributed by atoms with Crippen molar-refractivity contribution in [3.8, 4) is 0 Å². The number of alkyl halides is 1. The molecule has 0 saturated heterocycles. The molecule has 0 aromatic rings. The van der Waals surface area contributed by atoms with Crippen molar-refractivity contribution in [2.24, 2.45) is 11.0 Å². The molecule has 1 N–H and O–H groups in total. The van der Waals surface area contributed by atoms with Crippen molar-refractivity contribution in [2.75, 3.05) is 19.0 Å². The molecule has 0 aromatic carbocycles. The Labute approximate surface area is 144 Å². The second-order valence-electron chi connectivity index (χ2n) is 4.66. The standard InChI is InChI=1S/C14H21BrIN2OP/c1-11-5-6-13(10-17-18(2)20-16)14(9-15)12(8-11)4-3-7-19/h5-6,8,10-11,19-20H,3-4,7,9H2,1-2H3/b17-10-. The zero-order chi connectivity index (χ0) is 15.0. The van der Waals surface area contributed by atoms with Crippen molar-refractivity contribution in [3.63, 3.8) is 0 Å². The highest BCUT2D eigenvalue weighted by Gasteiger charge is 2.12. The maximum Gasteiger partial charge on any atom is 0.0616 e. The van der Waals surface area contributed by atoms with Crippen LogP contribution in [0.1, 0.15) is 19.8 Å². The number of hydrogen-bond acceptors (Lipinski definition) is 3. The van der Waals surface area contributed by atoms with Crippen molar-refractivity contribution in [1.29, 1.82) is 0 Å². The SMILES string of the molecule is CC1C=CC(/C=N\N(C)PI)=C(CBr)C(CCCO)=C1. The second kappa shape index (κ2) is 10.1. The average molecular weight is 471 g/mol.